The van der Waals surface area contributed by atoms with Gasteiger partial charge in [0.15, 0.2) is 0 Å². The van der Waals surface area contributed by atoms with E-state index in [1.807, 2.05) is 0 Å². The average molecular weight is 547 g/mol. The number of hydrogen-bond donors (Lipinski definition) is 1. The van der Waals surface area contributed by atoms with Crippen LogP contribution in [0.5, 0.6) is 0 Å². The Kier molecular flexibility index (Phi) is 8.71. The predicted octanol–water partition coefficient (Wildman–Crippen LogP) is 4.09. The Hall–Kier alpha value is -2.29. The molecule has 3 heterocycles. The highest BCUT2D eigenvalue weighted by atomic mass is 35.5. The fourth-order valence-electron chi connectivity index (χ4n) is 6.34. The third-order valence-electron chi connectivity index (χ3n) is 7.87. The second kappa shape index (κ2) is 11.6. The Bertz CT molecular complexity index is 1050. The Morgan fingerprint density at radius 1 is 1.24 bits per heavy atom. The minimum atomic E-state index is -0.725. The van der Waals surface area contributed by atoms with Crippen LogP contribution in [0.25, 0.3) is 0 Å². The van der Waals surface area contributed by atoms with Crippen molar-refractivity contribution in [2.24, 2.45) is 17.8 Å². The smallest absolute Gasteiger partial charge is 0.311 e. The molecule has 1 spiro atoms. The van der Waals surface area contributed by atoms with Crippen molar-refractivity contribution in [1.29, 1.82) is 0 Å². The number of nitrogens with zero attached hydrogens (tertiary/aromatic N) is 2. The molecule has 1 aromatic carbocycles. The molecule has 0 aliphatic carbocycles. The quantitative estimate of drug-likeness (QED) is 0.241. The number of aliphatic hydroxyl groups is 1. The lowest BCUT2D eigenvalue weighted by Gasteiger charge is -2.40. The maximum Gasteiger partial charge on any atom is 0.311 e. The van der Waals surface area contributed by atoms with E-state index in [4.69, 9.17) is 16.3 Å². The number of ether oxygens (including phenoxy) is 1. The van der Waals surface area contributed by atoms with Crippen LogP contribution in [0.2, 0.25) is 5.02 Å². The van der Waals surface area contributed by atoms with Gasteiger partial charge in [0.25, 0.3) is 5.91 Å². The van der Waals surface area contributed by atoms with Gasteiger partial charge in [-0.3, -0.25) is 14.4 Å². The zero-order chi connectivity index (χ0) is 26.7. The summed E-state index contributed by atoms with van der Waals surface area (Å²) in [6.07, 6.45) is 5.96. The Morgan fingerprint density at radius 2 is 1.97 bits per heavy atom. The number of likely N-dealkylation sites (tertiary alicyclic amines) is 1. The monoisotopic (exact) mass is 546 g/mol. The van der Waals surface area contributed by atoms with E-state index in [1.165, 1.54) is 6.08 Å². The van der Waals surface area contributed by atoms with Crippen LogP contribution in [0.4, 0.5) is 5.69 Å². The fourth-order valence-corrected chi connectivity index (χ4v) is 8.87. The molecule has 9 heteroatoms. The maximum absolute atomic E-state index is 14.5. The summed E-state index contributed by atoms with van der Waals surface area (Å²) in [5.74, 6) is -1.87. The molecule has 3 fully saturated rings. The maximum atomic E-state index is 14.5. The number of hydrogen-bond acceptors (Lipinski definition) is 6. The Labute approximate surface area is 227 Å². The molecule has 7 nitrogen and oxygen atoms in total. The van der Waals surface area contributed by atoms with Crippen LogP contribution >= 0.6 is 23.4 Å². The molecule has 3 unspecified atom stereocenters. The summed E-state index contributed by atoms with van der Waals surface area (Å²) < 4.78 is 4.71. The van der Waals surface area contributed by atoms with Gasteiger partial charge in [-0.15, -0.1) is 18.3 Å². The summed E-state index contributed by atoms with van der Waals surface area (Å²) in [4.78, 5) is 45.0. The van der Waals surface area contributed by atoms with Gasteiger partial charge in [-0.2, -0.15) is 0 Å². The van der Waals surface area contributed by atoms with E-state index in [9.17, 15) is 19.5 Å². The molecule has 37 heavy (non-hydrogen) atoms. The molecule has 3 aliphatic rings. The van der Waals surface area contributed by atoms with E-state index in [2.05, 4.69) is 20.1 Å². The lowest BCUT2D eigenvalue weighted by molar-refractivity contribution is -0.153. The van der Waals surface area contributed by atoms with E-state index in [0.29, 0.717) is 30.1 Å². The van der Waals surface area contributed by atoms with Gasteiger partial charge in [0, 0.05) is 35.7 Å². The van der Waals surface area contributed by atoms with Gasteiger partial charge >= 0.3 is 5.97 Å². The van der Waals surface area contributed by atoms with Gasteiger partial charge in [0.05, 0.1) is 16.6 Å². The van der Waals surface area contributed by atoms with Crippen molar-refractivity contribution in [2.75, 3.05) is 31.2 Å². The number of fused-ring (bicyclic) bond motifs is 1. The number of carbonyl (C=O) groups is 3. The van der Waals surface area contributed by atoms with E-state index < -0.39 is 28.6 Å². The van der Waals surface area contributed by atoms with Crippen LogP contribution < -0.4 is 4.90 Å². The molecule has 200 valence electrons. The molecule has 3 saturated heterocycles. The first-order valence-corrected chi connectivity index (χ1v) is 14.1. The summed E-state index contributed by atoms with van der Waals surface area (Å²) in [7, 11) is 0. The SMILES string of the molecule is C=CCOC(=O)[C@@H]1[C@@H]2CC(C)C3(S2)C(C(=O)N(CC=C)c2ccc(Cl)cc2)N(CCCCCO)C(=O)[C@H]13. The largest absolute Gasteiger partial charge is 0.461 e. The van der Waals surface area contributed by atoms with Gasteiger partial charge in [-0.25, -0.2) is 0 Å². The minimum absolute atomic E-state index is 0.0621. The molecule has 0 saturated carbocycles. The van der Waals surface area contributed by atoms with Crippen LogP contribution in [0, 0.1) is 17.8 Å². The first-order valence-electron chi connectivity index (χ1n) is 12.9. The van der Waals surface area contributed by atoms with Crippen LogP contribution in [0.15, 0.2) is 49.6 Å². The topological polar surface area (TPSA) is 87.2 Å². The molecule has 4 rings (SSSR count). The highest BCUT2D eigenvalue weighted by Gasteiger charge is 2.76. The number of halogens is 1. The van der Waals surface area contributed by atoms with E-state index in [0.717, 1.165) is 12.8 Å². The van der Waals surface area contributed by atoms with Crippen molar-refractivity contribution < 1.29 is 24.2 Å². The minimum Gasteiger partial charge on any atom is -0.461 e. The predicted molar refractivity (Wildman–Crippen MR) is 146 cm³/mol. The number of anilines is 1. The van der Waals surface area contributed by atoms with Gasteiger partial charge in [0.2, 0.25) is 5.91 Å². The van der Waals surface area contributed by atoms with Gasteiger partial charge < -0.3 is 19.6 Å². The molecule has 1 N–H and O–H groups in total. The molecule has 2 bridgehead atoms. The van der Waals surface area contributed by atoms with E-state index in [1.54, 1.807) is 51.9 Å². The molecule has 0 aromatic heterocycles. The zero-order valence-corrected chi connectivity index (χ0v) is 22.8. The molecule has 6 atom stereocenters. The molecular weight excluding hydrogens is 512 g/mol. The number of esters is 1. The van der Waals surface area contributed by atoms with Crippen molar-refractivity contribution in [3.63, 3.8) is 0 Å². The number of benzene rings is 1. The van der Waals surface area contributed by atoms with E-state index >= 15 is 0 Å². The van der Waals surface area contributed by atoms with Crippen molar-refractivity contribution in [3.05, 3.63) is 54.6 Å². The number of unbranched alkanes of at least 4 members (excludes halogenated alkanes) is 2. The molecule has 0 radical (unpaired) electrons. The van der Waals surface area contributed by atoms with E-state index in [-0.39, 0.29) is 42.7 Å². The first kappa shape index (κ1) is 27.7. The second-order valence-corrected chi connectivity index (χ2v) is 12.0. The Morgan fingerprint density at radius 3 is 2.62 bits per heavy atom. The summed E-state index contributed by atoms with van der Waals surface area (Å²) >= 11 is 7.73. The highest BCUT2D eigenvalue weighted by Crippen LogP contribution is 2.68. The Balaban J connectivity index is 1.75. The average Bonchev–Trinajstić information content (AvgIpc) is 3.47. The van der Waals surface area contributed by atoms with Crippen molar-refractivity contribution in [3.8, 4) is 0 Å². The molecule has 2 amide bonds. The summed E-state index contributed by atoms with van der Waals surface area (Å²) in [5.41, 5.74) is 0.675. The standard InChI is InChI=1S/C28H35ClN2O5S/c1-4-13-30(20-11-9-19(29)10-12-20)26(34)24-28-18(3)17-21(37-28)22(27(35)36-16-5-2)23(28)25(33)31(24)14-7-6-8-15-32/h4-5,9-12,18,21-24,32H,1-2,6-8,13-17H2,3H3/t18?,21-,22+,23-,24?,28?/m0/s1. The van der Waals surface area contributed by atoms with Crippen molar-refractivity contribution >= 4 is 46.8 Å². The number of amides is 2. The third-order valence-corrected chi connectivity index (χ3v) is 10.2. The summed E-state index contributed by atoms with van der Waals surface area (Å²) in [5, 5.41) is 9.71. The number of aliphatic hydroxyl groups excluding tert-OH is 1. The van der Waals surface area contributed by atoms with Crippen LogP contribution in [-0.2, 0) is 19.1 Å². The van der Waals surface area contributed by atoms with Gasteiger partial charge in [-0.05, 0) is 55.9 Å². The number of rotatable bonds is 12. The van der Waals surface area contributed by atoms with Crippen LogP contribution in [0.3, 0.4) is 0 Å². The van der Waals surface area contributed by atoms with Gasteiger partial charge in [0.1, 0.15) is 12.6 Å². The second-order valence-electron chi connectivity index (χ2n) is 10.0. The van der Waals surface area contributed by atoms with Crippen LogP contribution in [-0.4, -0.2) is 70.1 Å². The highest BCUT2D eigenvalue weighted by molar-refractivity contribution is 8.02. The summed E-state index contributed by atoms with van der Waals surface area (Å²) in [6, 6.07) is 6.33. The number of carbonyl (C=O) groups excluding carboxylic acids is 3. The number of thioether (sulfide) groups is 1. The zero-order valence-electron chi connectivity index (χ0n) is 21.2. The third kappa shape index (κ3) is 4.84. The molecular formula is C28H35ClN2O5S. The summed E-state index contributed by atoms with van der Waals surface area (Å²) in [6.45, 7) is 10.4. The normalized spacial score (nSPS) is 29.8. The van der Waals surface area contributed by atoms with Crippen molar-refractivity contribution in [1.82, 2.24) is 4.90 Å². The van der Waals surface area contributed by atoms with Crippen molar-refractivity contribution in [2.45, 2.75) is 48.6 Å². The van der Waals surface area contributed by atoms with Crippen LogP contribution in [0.1, 0.15) is 32.6 Å². The lowest BCUT2D eigenvalue weighted by atomic mass is 9.66. The fraction of sp³-hybridized carbons (Fsp3) is 0.536. The molecule has 1 aromatic rings. The van der Waals surface area contributed by atoms with Gasteiger partial charge in [-0.1, -0.05) is 37.3 Å². The molecule has 3 aliphatic heterocycles. The first-order chi connectivity index (χ1) is 17.8. The lowest BCUT2D eigenvalue weighted by Crippen LogP contribution is -2.57.